The van der Waals surface area contributed by atoms with Crippen LogP contribution in [0.5, 0.6) is 0 Å². The van der Waals surface area contributed by atoms with E-state index in [-0.39, 0.29) is 18.6 Å². The minimum atomic E-state index is -0.392. The Morgan fingerprint density at radius 3 is 2.23 bits per heavy atom. The van der Waals surface area contributed by atoms with Gasteiger partial charge in [0, 0.05) is 24.2 Å². The maximum Gasteiger partial charge on any atom is 0.184 e. The van der Waals surface area contributed by atoms with E-state index in [1.54, 1.807) is 0 Å². The highest BCUT2D eigenvalue weighted by Crippen LogP contribution is 2.38. The molecule has 22 heavy (non-hydrogen) atoms. The molecule has 1 aliphatic heterocycles. The van der Waals surface area contributed by atoms with Crippen LogP contribution in [-0.4, -0.2) is 36.6 Å². The summed E-state index contributed by atoms with van der Waals surface area (Å²) in [6, 6.07) is 14.3. The summed E-state index contributed by atoms with van der Waals surface area (Å²) in [6.07, 6.45) is 0.766. The summed E-state index contributed by atoms with van der Waals surface area (Å²) in [7, 11) is 0. The Labute approximate surface area is 130 Å². The first kappa shape index (κ1) is 15.4. The normalized spacial score (nSPS) is 18.6. The van der Waals surface area contributed by atoms with Crippen LogP contribution < -0.4 is 0 Å². The molecular weight excluding hydrogens is 280 g/mol. The van der Waals surface area contributed by atoms with Crippen LogP contribution in [0, 0.1) is 5.41 Å². The molecule has 0 spiro atoms. The lowest BCUT2D eigenvalue weighted by Gasteiger charge is -2.39. The van der Waals surface area contributed by atoms with Gasteiger partial charge in [0.05, 0.1) is 13.2 Å². The van der Waals surface area contributed by atoms with E-state index in [9.17, 15) is 10.2 Å². The van der Waals surface area contributed by atoms with Gasteiger partial charge in [-0.1, -0.05) is 42.5 Å². The van der Waals surface area contributed by atoms with Crippen LogP contribution in [0.1, 0.15) is 24.7 Å². The van der Waals surface area contributed by atoms with Gasteiger partial charge in [-0.15, -0.1) is 0 Å². The van der Waals surface area contributed by atoms with Crippen LogP contribution >= 0.6 is 0 Å². The number of ether oxygens (including phenoxy) is 2. The average Bonchev–Trinajstić information content (AvgIpc) is 2.56. The molecule has 1 saturated heterocycles. The molecule has 0 radical (unpaired) electrons. The van der Waals surface area contributed by atoms with Gasteiger partial charge < -0.3 is 19.7 Å². The Morgan fingerprint density at radius 2 is 1.55 bits per heavy atom. The van der Waals surface area contributed by atoms with Gasteiger partial charge in [-0.25, -0.2) is 0 Å². The van der Waals surface area contributed by atoms with E-state index < -0.39 is 6.29 Å². The predicted molar refractivity (Wildman–Crippen MR) is 84.4 cm³/mol. The number of benzene rings is 2. The third kappa shape index (κ3) is 3.01. The predicted octanol–water partition coefficient (Wildman–Crippen LogP) is 2.64. The van der Waals surface area contributed by atoms with Crippen molar-refractivity contribution >= 4 is 10.8 Å². The molecule has 2 N–H and O–H groups in total. The van der Waals surface area contributed by atoms with Crippen LogP contribution in [-0.2, 0) is 9.47 Å². The van der Waals surface area contributed by atoms with Crippen molar-refractivity contribution in [2.75, 3.05) is 26.4 Å². The first-order chi connectivity index (χ1) is 10.8. The molecule has 0 aromatic heterocycles. The van der Waals surface area contributed by atoms with Gasteiger partial charge in [-0.05, 0) is 23.6 Å². The molecule has 0 unspecified atom stereocenters. The molecule has 4 heteroatoms. The summed E-state index contributed by atoms with van der Waals surface area (Å²) in [5, 5.41) is 20.8. The standard InChI is InChI=1S/C18H22O4/c19-10-8-18(9-11-20)12-21-17(22-13-18)16-7-3-5-14-4-1-2-6-15(14)16/h1-7,17,19-20H,8-13H2. The molecule has 4 nitrogen and oxygen atoms in total. The molecule has 1 fully saturated rings. The van der Waals surface area contributed by atoms with Crippen LogP contribution in [0.4, 0.5) is 0 Å². The van der Waals surface area contributed by atoms with Crippen molar-refractivity contribution in [3.05, 3.63) is 48.0 Å². The Balaban J connectivity index is 1.80. The fourth-order valence-electron chi connectivity index (χ4n) is 3.12. The number of hydrogen-bond acceptors (Lipinski definition) is 4. The van der Waals surface area contributed by atoms with Crippen molar-refractivity contribution in [3.8, 4) is 0 Å². The molecular formula is C18H22O4. The van der Waals surface area contributed by atoms with Crippen LogP contribution in [0.2, 0.25) is 0 Å². The number of rotatable bonds is 5. The zero-order valence-corrected chi connectivity index (χ0v) is 12.6. The maximum atomic E-state index is 9.24. The second-order valence-electron chi connectivity index (χ2n) is 5.97. The average molecular weight is 302 g/mol. The molecule has 2 aromatic carbocycles. The maximum absolute atomic E-state index is 9.24. The molecule has 0 aliphatic carbocycles. The molecule has 1 aliphatic rings. The van der Waals surface area contributed by atoms with Gasteiger partial charge >= 0.3 is 0 Å². The van der Waals surface area contributed by atoms with E-state index in [4.69, 9.17) is 9.47 Å². The van der Waals surface area contributed by atoms with Gasteiger partial charge in [0.25, 0.3) is 0 Å². The van der Waals surface area contributed by atoms with E-state index in [0.717, 1.165) is 16.3 Å². The number of hydrogen-bond donors (Lipinski definition) is 2. The van der Waals surface area contributed by atoms with E-state index in [1.807, 2.05) is 24.3 Å². The Hall–Kier alpha value is -1.46. The van der Waals surface area contributed by atoms with Crippen LogP contribution in [0.25, 0.3) is 10.8 Å². The minimum absolute atomic E-state index is 0.0751. The molecule has 0 atom stereocenters. The van der Waals surface area contributed by atoms with E-state index in [1.165, 1.54) is 0 Å². The zero-order chi connectivity index (χ0) is 15.4. The lowest BCUT2D eigenvalue weighted by atomic mass is 9.82. The fourth-order valence-corrected chi connectivity index (χ4v) is 3.12. The summed E-state index contributed by atoms with van der Waals surface area (Å²) in [4.78, 5) is 0. The summed E-state index contributed by atoms with van der Waals surface area (Å²) in [6.45, 7) is 1.13. The molecule has 2 aromatic rings. The van der Waals surface area contributed by atoms with Crippen molar-refractivity contribution < 1.29 is 19.7 Å². The quantitative estimate of drug-likeness (QED) is 0.891. The monoisotopic (exact) mass is 302 g/mol. The second kappa shape index (κ2) is 6.75. The molecule has 118 valence electrons. The van der Waals surface area contributed by atoms with Crippen molar-refractivity contribution in [2.45, 2.75) is 19.1 Å². The third-order valence-corrected chi connectivity index (χ3v) is 4.44. The van der Waals surface area contributed by atoms with Gasteiger partial charge in [0.1, 0.15) is 0 Å². The SMILES string of the molecule is OCCC1(CCO)COC(c2cccc3ccccc23)OC1. The lowest BCUT2D eigenvalue weighted by molar-refractivity contribution is -0.239. The van der Waals surface area contributed by atoms with Gasteiger partial charge in [0.2, 0.25) is 0 Å². The van der Waals surface area contributed by atoms with Crippen LogP contribution in [0.3, 0.4) is 0 Å². The van der Waals surface area contributed by atoms with Gasteiger partial charge in [-0.3, -0.25) is 0 Å². The Morgan fingerprint density at radius 1 is 0.909 bits per heavy atom. The van der Waals surface area contributed by atoms with Crippen molar-refractivity contribution in [2.24, 2.45) is 5.41 Å². The number of aliphatic hydroxyl groups excluding tert-OH is 2. The summed E-state index contributed by atoms with van der Waals surface area (Å²) in [5.74, 6) is 0. The fraction of sp³-hybridized carbons (Fsp3) is 0.444. The first-order valence-electron chi connectivity index (χ1n) is 7.71. The first-order valence-corrected chi connectivity index (χ1v) is 7.71. The van der Waals surface area contributed by atoms with E-state index in [0.29, 0.717) is 26.1 Å². The van der Waals surface area contributed by atoms with Crippen LogP contribution in [0.15, 0.2) is 42.5 Å². The van der Waals surface area contributed by atoms with Crippen molar-refractivity contribution in [1.82, 2.24) is 0 Å². The zero-order valence-electron chi connectivity index (χ0n) is 12.6. The number of fused-ring (bicyclic) bond motifs is 1. The highest BCUT2D eigenvalue weighted by molar-refractivity contribution is 5.85. The summed E-state index contributed by atoms with van der Waals surface area (Å²) < 4.78 is 11.9. The Kier molecular flexibility index (Phi) is 4.74. The second-order valence-corrected chi connectivity index (χ2v) is 5.97. The summed E-state index contributed by atoms with van der Waals surface area (Å²) >= 11 is 0. The van der Waals surface area contributed by atoms with E-state index in [2.05, 4.69) is 18.2 Å². The number of aliphatic hydroxyl groups is 2. The highest BCUT2D eigenvalue weighted by Gasteiger charge is 2.36. The highest BCUT2D eigenvalue weighted by atomic mass is 16.7. The molecule has 1 heterocycles. The lowest BCUT2D eigenvalue weighted by Crippen LogP contribution is -2.40. The van der Waals surface area contributed by atoms with Gasteiger partial charge in [0.15, 0.2) is 6.29 Å². The largest absolute Gasteiger partial charge is 0.396 e. The molecule has 0 bridgehead atoms. The van der Waals surface area contributed by atoms with Crippen molar-refractivity contribution in [1.29, 1.82) is 0 Å². The third-order valence-electron chi connectivity index (χ3n) is 4.44. The van der Waals surface area contributed by atoms with Gasteiger partial charge in [-0.2, -0.15) is 0 Å². The smallest absolute Gasteiger partial charge is 0.184 e. The molecule has 0 saturated carbocycles. The summed E-state index contributed by atoms with van der Waals surface area (Å²) in [5.41, 5.74) is 0.740. The van der Waals surface area contributed by atoms with Crippen molar-refractivity contribution in [3.63, 3.8) is 0 Å². The minimum Gasteiger partial charge on any atom is -0.396 e. The molecule has 0 amide bonds. The van der Waals surface area contributed by atoms with E-state index >= 15 is 0 Å². The Bertz CT molecular complexity index is 604. The topological polar surface area (TPSA) is 58.9 Å². The molecule has 3 rings (SSSR count).